The molecule has 0 spiro atoms. The fourth-order valence-corrected chi connectivity index (χ4v) is 2.80. The molecule has 0 fully saturated rings. The van der Waals surface area contributed by atoms with Crippen LogP contribution in [0.2, 0.25) is 0 Å². The van der Waals surface area contributed by atoms with Gasteiger partial charge in [0.25, 0.3) is 5.56 Å². The molecule has 0 amide bonds. The molecular weight excluding hydrogens is 346 g/mol. The first-order valence-electron chi connectivity index (χ1n) is 8.74. The molecule has 27 heavy (non-hydrogen) atoms. The lowest BCUT2D eigenvalue weighted by Gasteiger charge is -2.20. The molecule has 1 aromatic carbocycles. The summed E-state index contributed by atoms with van der Waals surface area (Å²) in [5.41, 5.74) is 1.41. The van der Waals surface area contributed by atoms with Gasteiger partial charge in [-0.3, -0.25) is 9.36 Å². The summed E-state index contributed by atoms with van der Waals surface area (Å²) >= 11 is 0. The predicted octanol–water partition coefficient (Wildman–Crippen LogP) is 3.41. The second-order valence-corrected chi connectivity index (χ2v) is 7.21. The summed E-state index contributed by atoms with van der Waals surface area (Å²) in [6, 6.07) is 8.68. The second-order valence-electron chi connectivity index (χ2n) is 7.21. The quantitative estimate of drug-likeness (QED) is 0.770. The molecule has 0 atom stereocenters. The maximum Gasteiger partial charge on any atom is 0.343 e. The van der Waals surface area contributed by atoms with Gasteiger partial charge in [0.2, 0.25) is 0 Å². The zero-order valence-corrected chi connectivity index (χ0v) is 16.6. The predicted molar refractivity (Wildman–Crippen MR) is 103 cm³/mol. The van der Waals surface area contributed by atoms with Crippen molar-refractivity contribution in [3.05, 3.63) is 63.1 Å². The summed E-state index contributed by atoms with van der Waals surface area (Å²) in [7, 11) is 1.25. The molecule has 6 heteroatoms. The maximum atomic E-state index is 13.0. The van der Waals surface area contributed by atoms with Crippen LogP contribution in [0.3, 0.4) is 0 Å². The Morgan fingerprint density at radius 1 is 1.04 bits per heavy atom. The van der Waals surface area contributed by atoms with Crippen LogP contribution in [0.5, 0.6) is 0 Å². The first kappa shape index (κ1) is 20.4. The lowest BCUT2D eigenvalue weighted by Crippen LogP contribution is -2.30. The van der Waals surface area contributed by atoms with Gasteiger partial charge in [-0.25, -0.2) is 9.59 Å². The van der Waals surface area contributed by atoms with Crippen molar-refractivity contribution in [2.75, 3.05) is 13.7 Å². The van der Waals surface area contributed by atoms with Gasteiger partial charge < -0.3 is 9.47 Å². The van der Waals surface area contributed by atoms with E-state index in [4.69, 9.17) is 9.47 Å². The number of benzene rings is 1. The Hall–Kier alpha value is -2.89. The Bertz CT molecular complexity index is 917. The van der Waals surface area contributed by atoms with Gasteiger partial charge in [-0.1, -0.05) is 32.9 Å². The minimum atomic E-state index is -0.771. The molecule has 0 saturated heterocycles. The Morgan fingerprint density at radius 3 is 2.11 bits per heavy atom. The van der Waals surface area contributed by atoms with Gasteiger partial charge in [0.05, 0.1) is 19.3 Å². The lowest BCUT2D eigenvalue weighted by atomic mass is 9.87. The highest BCUT2D eigenvalue weighted by molar-refractivity contribution is 5.95. The van der Waals surface area contributed by atoms with Gasteiger partial charge in [-0.15, -0.1) is 0 Å². The number of nitrogens with zero attached hydrogens (tertiary/aromatic N) is 1. The van der Waals surface area contributed by atoms with Crippen LogP contribution >= 0.6 is 0 Å². The molecule has 0 radical (unpaired) electrons. The van der Waals surface area contributed by atoms with Gasteiger partial charge >= 0.3 is 11.9 Å². The smallest absolute Gasteiger partial charge is 0.343 e. The number of pyridine rings is 1. The average molecular weight is 371 g/mol. The van der Waals surface area contributed by atoms with Crippen molar-refractivity contribution < 1.29 is 19.1 Å². The zero-order valence-electron chi connectivity index (χ0n) is 16.6. The van der Waals surface area contributed by atoms with Crippen LogP contribution in [0, 0.1) is 6.92 Å². The van der Waals surface area contributed by atoms with E-state index >= 15 is 0 Å². The second kappa shape index (κ2) is 7.78. The van der Waals surface area contributed by atoms with Crippen LogP contribution in [0.4, 0.5) is 0 Å². The highest BCUT2D eigenvalue weighted by atomic mass is 16.5. The van der Waals surface area contributed by atoms with E-state index < -0.39 is 17.5 Å². The topological polar surface area (TPSA) is 74.6 Å². The van der Waals surface area contributed by atoms with E-state index in [-0.39, 0.29) is 23.1 Å². The van der Waals surface area contributed by atoms with Crippen LogP contribution < -0.4 is 5.56 Å². The summed E-state index contributed by atoms with van der Waals surface area (Å²) in [5, 5.41) is 0. The van der Waals surface area contributed by atoms with Gasteiger partial charge in [0, 0.05) is 11.4 Å². The molecule has 0 aliphatic heterocycles. The number of carbonyl (C=O) groups is 2. The molecule has 144 valence electrons. The third-order valence-electron chi connectivity index (χ3n) is 4.34. The molecule has 0 aliphatic carbocycles. The van der Waals surface area contributed by atoms with Crippen molar-refractivity contribution in [2.45, 2.75) is 40.0 Å². The monoisotopic (exact) mass is 371 g/mol. The van der Waals surface area contributed by atoms with E-state index in [0.717, 1.165) is 5.56 Å². The Labute approximate surface area is 158 Å². The van der Waals surface area contributed by atoms with Crippen molar-refractivity contribution in [1.29, 1.82) is 0 Å². The molecule has 2 aromatic rings. The molecule has 1 aromatic heterocycles. The van der Waals surface area contributed by atoms with E-state index in [0.29, 0.717) is 11.4 Å². The van der Waals surface area contributed by atoms with Gasteiger partial charge in [-0.05, 0) is 43.0 Å². The van der Waals surface area contributed by atoms with Crippen molar-refractivity contribution in [2.24, 2.45) is 0 Å². The number of aromatic nitrogens is 1. The average Bonchev–Trinajstić information content (AvgIpc) is 2.61. The minimum Gasteiger partial charge on any atom is -0.465 e. The Kier molecular flexibility index (Phi) is 5.88. The van der Waals surface area contributed by atoms with Gasteiger partial charge in [0.1, 0.15) is 5.56 Å². The van der Waals surface area contributed by atoms with E-state index in [2.05, 4.69) is 20.8 Å². The molecule has 1 heterocycles. The third-order valence-corrected chi connectivity index (χ3v) is 4.34. The number of ether oxygens (including phenoxy) is 2. The van der Waals surface area contributed by atoms with Crippen molar-refractivity contribution >= 4 is 11.9 Å². The van der Waals surface area contributed by atoms with Crippen molar-refractivity contribution in [3.63, 3.8) is 0 Å². The van der Waals surface area contributed by atoms with Crippen LogP contribution in [0.1, 0.15) is 59.7 Å². The van der Waals surface area contributed by atoms with E-state index in [1.54, 1.807) is 26.0 Å². The number of rotatable bonds is 4. The molecule has 0 aliphatic rings. The number of hydrogen-bond donors (Lipinski definition) is 0. The number of hydrogen-bond acceptors (Lipinski definition) is 5. The largest absolute Gasteiger partial charge is 0.465 e. The molecule has 0 saturated carbocycles. The highest BCUT2D eigenvalue weighted by Crippen LogP contribution is 2.24. The summed E-state index contributed by atoms with van der Waals surface area (Å²) in [4.78, 5) is 37.3. The third kappa shape index (κ3) is 4.10. The summed E-state index contributed by atoms with van der Waals surface area (Å²) in [6.45, 7) is 9.69. The van der Waals surface area contributed by atoms with Crippen LogP contribution in [-0.2, 0) is 14.9 Å². The van der Waals surface area contributed by atoms with E-state index in [1.807, 2.05) is 12.1 Å². The number of carbonyl (C=O) groups excluding carboxylic acids is 2. The van der Waals surface area contributed by atoms with E-state index in [9.17, 15) is 14.4 Å². The Morgan fingerprint density at radius 2 is 1.63 bits per heavy atom. The minimum absolute atomic E-state index is 0.0392. The molecule has 6 nitrogen and oxygen atoms in total. The lowest BCUT2D eigenvalue weighted by molar-refractivity contribution is 0.0523. The summed E-state index contributed by atoms with van der Waals surface area (Å²) < 4.78 is 11.1. The molecule has 0 unspecified atom stereocenters. The molecular formula is C21H25NO5. The fourth-order valence-electron chi connectivity index (χ4n) is 2.80. The standard InChI is InChI=1S/C21H25NO5/c1-7-27-20(25)17-12-16(19(24)26-6)13(2)22(18(17)23)15-10-8-14(9-11-15)21(3,4)5/h8-12H,7H2,1-6H3. The SMILES string of the molecule is CCOC(=O)c1cc(C(=O)OC)c(C)n(-c2ccc(C(C)(C)C)cc2)c1=O. The molecule has 0 bridgehead atoms. The van der Waals surface area contributed by atoms with Crippen LogP contribution in [0.15, 0.2) is 35.1 Å². The van der Waals surface area contributed by atoms with Gasteiger partial charge in [0.15, 0.2) is 0 Å². The first-order valence-corrected chi connectivity index (χ1v) is 8.74. The Balaban J connectivity index is 2.74. The van der Waals surface area contributed by atoms with Crippen LogP contribution in [0.25, 0.3) is 5.69 Å². The molecule has 0 N–H and O–H groups in total. The van der Waals surface area contributed by atoms with Crippen molar-refractivity contribution in [1.82, 2.24) is 4.57 Å². The summed E-state index contributed by atoms with van der Waals surface area (Å²) in [6.07, 6.45) is 0. The number of esters is 2. The zero-order chi connectivity index (χ0) is 20.4. The maximum absolute atomic E-state index is 13.0. The fraction of sp³-hybridized carbons (Fsp3) is 0.381. The van der Waals surface area contributed by atoms with Crippen molar-refractivity contribution in [3.8, 4) is 5.69 Å². The first-order chi connectivity index (χ1) is 12.6. The summed E-state index contributed by atoms with van der Waals surface area (Å²) in [5.74, 6) is -1.40. The van der Waals surface area contributed by atoms with E-state index in [1.165, 1.54) is 17.7 Å². The normalized spacial score (nSPS) is 11.2. The van der Waals surface area contributed by atoms with Gasteiger partial charge in [-0.2, -0.15) is 0 Å². The number of methoxy groups -OCH3 is 1. The molecule has 2 rings (SSSR count). The van der Waals surface area contributed by atoms with Crippen LogP contribution in [-0.4, -0.2) is 30.2 Å². The highest BCUT2D eigenvalue weighted by Gasteiger charge is 2.23.